The van der Waals surface area contributed by atoms with Crippen LogP contribution in [0.25, 0.3) is 0 Å². The van der Waals surface area contributed by atoms with Crippen LogP contribution in [0.4, 0.5) is 4.39 Å². The lowest BCUT2D eigenvalue weighted by molar-refractivity contribution is -0.148. The number of piperidine rings is 1. The van der Waals surface area contributed by atoms with E-state index >= 15 is 0 Å². The van der Waals surface area contributed by atoms with Crippen molar-refractivity contribution in [1.29, 1.82) is 5.26 Å². The summed E-state index contributed by atoms with van der Waals surface area (Å²) in [6, 6.07) is 5.67. The average Bonchev–Trinajstić information content (AvgIpc) is 2.33. The van der Waals surface area contributed by atoms with Gasteiger partial charge in [0, 0.05) is 12.8 Å². The van der Waals surface area contributed by atoms with Gasteiger partial charge in [-0.1, -0.05) is 0 Å². The van der Waals surface area contributed by atoms with E-state index < -0.39 is 5.82 Å². The Kier molecular flexibility index (Phi) is 3.38. The summed E-state index contributed by atoms with van der Waals surface area (Å²) in [5.74, 6) is -1.02. The van der Waals surface area contributed by atoms with Crippen molar-refractivity contribution in [3.63, 3.8) is 0 Å². The highest BCUT2D eigenvalue weighted by atomic mass is 19.1. The van der Waals surface area contributed by atoms with Crippen LogP contribution in [0.3, 0.4) is 0 Å². The van der Waals surface area contributed by atoms with Crippen LogP contribution in [-0.4, -0.2) is 16.7 Å². The van der Waals surface area contributed by atoms with Crippen LogP contribution in [0, 0.1) is 17.1 Å². The molecular formula is C13H11FN2O2. The van der Waals surface area contributed by atoms with Crippen molar-refractivity contribution in [3.8, 4) is 6.07 Å². The third-order valence-corrected chi connectivity index (χ3v) is 2.81. The standard InChI is InChI=1S/C13H11FN2O2/c14-11-5-9(7-15)4-10(6-11)8-16-12(17)2-1-3-13(16)18/h4-6H,1-3,8H2. The molecule has 18 heavy (non-hydrogen) atoms. The van der Waals surface area contributed by atoms with Crippen molar-refractivity contribution < 1.29 is 14.0 Å². The van der Waals surface area contributed by atoms with Crippen LogP contribution in [0.1, 0.15) is 30.4 Å². The number of benzene rings is 1. The Hall–Kier alpha value is -2.22. The maximum Gasteiger partial charge on any atom is 0.229 e. The highest BCUT2D eigenvalue weighted by Gasteiger charge is 2.25. The lowest BCUT2D eigenvalue weighted by Gasteiger charge is -2.24. The molecule has 1 aromatic rings. The minimum atomic E-state index is -0.541. The molecule has 1 aliphatic rings. The predicted octanol–water partition coefficient (Wildman–Crippen LogP) is 1.74. The molecule has 0 unspecified atom stereocenters. The molecule has 0 N–H and O–H groups in total. The van der Waals surface area contributed by atoms with Gasteiger partial charge in [-0.05, 0) is 30.2 Å². The van der Waals surface area contributed by atoms with Crippen molar-refractivity contribution >= 4 is 11.8 Å². The summed E-state index contributed by atoms with van der Waals surface area (Å²) in [6.45, 7) is 0.0319. The Labute approximate surface area is 104 Å². The van der Waals surface area contributed by atoms with Gasteiger partial charge in [0.05, 0.1) is 18.2 Å². The second kappa shape index (κ2) is 4.96. The molecule has 1 aliphatic heterocycles. The number of carbonyl (C=O) groups excluding carboxylic acids is 2. The van der Waals surface area contributed by atoms with Crippen molar-refractivity contribution in [2.75, 3.05) is 0 Å². The number of hydrogen-bond acceptors (Lipinski definition) is 3. The zero-order valence-corrected chi connectivity index (χ0v) is 9.65. The lowest BCUT2D eigenvalue weighted by atomic mass is 10.1. The van der Waals surface area contributed by atoms with E-state index in [4.69, 9.17) is 5.26 Å². The zero-order valence-electron chi connectivity index (χ0n) is 9.65. The Bertz CT molecular complexity index is 532. The highest BCUT2D eigenvalue weighted by Crippen LogP contribution is 2.17. The van der Waals surface area contributed by atoms with Gasteiger partial charge in [-0.3, -0.25) is 14.5 Å². The summed E-state index contributed by atoms with van der Waals surface area (Å²) in [5, 5.41) is 8.73. The molecular weight excluding hydrogens is 235 g/mol. The van der Waals surface area contributed by atoms with Crippen molar-refractivity contribution in [2.45, 2.75) is 25.8 Å². The Morgan fingerprint density at radius 1 is 1.22 bits per heavy atom. The monoisotopic (exact) mass is 246 g/mol. The number of carbonyl (C=O) groups is 2. The number of imide groups is 1. The second-order valence-corrected chi connectivity index (χ2v) is 4.19. The van der Waals surface area contributed by atoms with Crippen LogP contribution in [0.2, 0.25) is 0 Å². The van der Waals surface area contributed by atoms with Gasteiger partial charge in [0.1, 0.15) is 5.82 Å². The summed E-state index contributed by atoms with van der Waals surface area (Å²) in [7, 11) is 0. The minimum Gasteiger partial charge on any atom is -0.278 e. The van der Waals surface area contributed by atoms with Gasteiger partial charge in [-0.15, -0.1) is 0 Å². The fraction of sp³-hybridized carbons (Fsp3) is 0.308. The minimum absolute atomic E-state index is 0.0319. The van der Waals surface area contributed by atoms with Gasteiger partial charge in [-0.2, -0.15) is 5.26 Å². The zero-order chi connectivity index (χ0) is 13.1. The Morgan fingerprint density at radius 3 is 2.50 bits per heavy atom. The largest absolute Gasteiger partial charge is 0.278 e. The predicted molar refractivity (Wildman–Crippen MR) is 60.5 cm³/mol. The Morgan fingerprint density at radius 2 is 1.89 bits per heavy atom. The van der Waals surface area contributed by atoms with Crippen molar-refractivity contribution in [1.82, 2.24) is 4.90 Å². The maximum absolute atomic E-state index is 13.2. The van der Waals surface area contributed by atoms with E-state index in [1.807, 2.05) is 6.07 Å². The van der Waals surface area contributed by atoms with E-state index in [2.05, 4.69) is 0 Å². The van der Waals surface area contributed by atoms with E-state index in [1.54, 1.807) is 0 Å². The number of nitriles is 1. The van der Waals surface area contributed by atoms with E-state index in [1.165, 1.54) is 12.1 Å². The molecule has 0 saturated carbocycles. The van der Waals surface area contributed by atoms with Gasteiger partial charge >= 0.3 is 0 Å². The van der Waals surface area contributed by atoms with Crippen LogP contribution in [-0.2, 0) is 16.1 Å². The maximum atomic E-state index is 13.2. The van der Waals surface area contributed by atoms with Crippen LogP contribution < -0.4 is 0 Å². The van der Waals surface area contributed by atoms with E-state index in [9.17, 15) is 14.0 Å². The highest BCUT2D eigenvalue weighted by molar-refractivity contribution is 5.97. The van der Waals surface area contributed by atoms with Gasteiger partial charge in [0.25, 0.3) is 0 Å². The summed E-state index contributed by atoms with van der Waals surface area (Å²) in [5.41, 5.74) is 0.636. The molecule has 2 rings (SSSR count). The van der Waals surface area contributed by atoms with E-state index in [0.29, 0.717) is 24.8 Å². The lowest BCUT2D eigenvalue weighted by Crippen LogP contribution is -2.39. The quantitative estimate of drug-likeness (QED) is 0.747. The summed E-state index contributed by atoms with van der Waals surface area (Å²) < 4.78 is 13.2. The molecule has 0 atom stereocenters. The molecule has 1 heterocycles. The normalized spacial score (nSPS) is 15.7. The number of likely N-dealkylation sites (tertiary alicyclic amines) is 1. The fourth-order valence-corrected chi connectivity index (χ4v) is 1.97. The fourth-order valence-electron chi connectivity index (χ4n) is 1.97. The molecule has 0 aliphatic carbocycles. The topological polar surface area (TPSA) is 61.2 Å². The molecule has 0 bridgehead atoms. The number of amides is 2. The Balaban J connectivity index is 2.23. The van der Waals surface area contributed by atoms with Gasteiger partial charge in [0.15, 0.2) is 0 Å². The number of nitrogens with zero attached hydrogens (tertiary/aromatic N) is 2. The molecule has 0 spiro atoms. The first-order valence-electron chi connectivity index (χ1n) is 5.63. The number of halogens is 1. The molecule has 0 aromatic heterocycles. The van der Waals surface area contributed by atoms with Gasteiger partial charge in [0.2, 0.25) is 11.8 Å². The summed E-state index contributed by atoms with van der Waals surface area (Å²) in [4.78, 5) is 24.3. The average molecular weight is 246 g/mol. The third kappa shape index (κ3) is 2.54. The summed E-state index contributed by atoms with van der Waals surface area (Å²) >= 11 is 0. The van der Waals surface area contributed by atoms with E-state index in [-0.39, 0.29) is 23.9 Å². The first-order chi connectivity index (χ1) is 8.60. The smallest absolute Gasteiger partial charge is 0.229 e. The molecule has 1 fully saturated rings. The number of rotatable bonds is 2. The SMILES string of the molecule is N#Cc1cc(F)cc(CN2C(=O)CCCC2=O)c1. The van der Waals surface area contributed by atoms with E-state index in [0.717, 1.165) is 11.0 Å². The molecule has 0 radical (unpaired) electrons. The van der Waals surface area contributed by atoms with Crippen LogP contribution in [0.5, 0.6) is 0 Å². The van der Waals surface area contributed by atoms with Crippen LogP contribution >= 0.6 is 0 Å². The molecule has 1 aromatic carbocycles. The van der Waals surface area contributed by atoms with Crippen molar-refractivity contribution in [3.05, 3.63) is 35.1 Å². The second-order valence-electron chi connectivity index (χ2n) is 4.19. The van der Waals surface area contributed by atoms with Gasteiger partial charge in [-0.25, -0.2) is 4.39 Å². The molecule has 92 valence electrons. The third-order valence-electron chi connectivity index (χ3n) is 2.81. The molecule has 4 nitrogen and oxygen atoms in total. The van der Waals surface area contributed by atoms with Crippen molar-refractivity contribution in [2.24, 2.45) is 0 Å². The first kappa shape index (κ1) is 12.2. The summed E-state index contributed by atoms with van der Waals surface area (Å²) in [6.07, 6.45) is 1.25. The van der Waals surface area contributed by atoms with Crippen LogP contribution in [0.15, 0.2) is 18.2 Å². The van der Waals surface area contributed by atoms with Gasteiger partial charge < -0.3 is 0 Å². The first-order valence-corrected chi connectivity index (χ1v) is 5.63. The molecule has 1 saturated heterocycles. The molecule has 2 amide bonds. The number of hydrogen-bond donors (Lipinski definition) is 0. The molecule has 5 heteroatoms.